The molecule has 130 valence electrons. The Morgan fingerprint density at radius 1 is 0.958 bits per heavy atom. The first-order valence-corrected chi connectivity index (χ1v) is 7.54. The van der Waals surface area contributed by atoms with Crippen molar-refractivity contribution in [2.75, 3.05) is 28.4 Å². The number of methoxy groups -OCH3 is 4. The number of aliphatic hydroxyl groups is 1. The fourth-order valence-electron chi connectivity index (χ4n) is 2.47. The molecule has 0 saturated carbocycles. The van der Waals surface area contributed by atoms with Crippen molar-refractivity contribution in [2.45, 2.75) is 12.4 Å². The number of rotatable bonds is 7. The second-order valence-electron chi connectivity index (χ2n) is 4.95. The van der Waals surface area contributed by atoms with Crippen molar-refractivity contribution in [3.63, 3.8) is 0 Å². The topological polar surface area (TPSA) is 70.0 Å². The number of benzene rings is 1. The van der Waals surface area contributed by atoms with E-state index in [-0.39, 0.29) is 0 Å². The first-order valence-electron chi connectivity index (χ1n) is 7.16. The van der Waals surface area contributed by atoms with Crippen LogP contribution in [-0.2, 0) is 9.47 Å². The number of hydrogen-bond donors (Lipinski definition) is 1. The van der Waals surface area contributed by atoms with Gasteiger partial charge in [-0.15, -0.1) is 0 Å². The zero-order valence-corrected chi connectivity index (χ0v) is 14.7. The molecule has 0 fully saturated rings. The number of ether oxygens (including phenoxy) is 4. The van der Waals surface area contributed by atoms with Gasteiger partial charge < -0.3 is 24.1 Å². The molecule has 2 aromatic rings. The molecule has 0 saturated heterocycles. The summed E-state index contributed by atoms with van der Waals surface area (Å²) in [6, 6.07) is 6.70. The minimum absolute atomic E-state index is 0.295. The van der Waals surface area contributed by atoms with Gasteiger partial charge in [0.1, 0.15) is 11.3 Å². The highest BCUT2D eigenvalue weighted by molar-refractivity contribution is 6.29. The molecular weight excluding hydrogens is 334 g/mol. The number of aromatic nitrogens is 1. The third-order valence-electron chi connectivity index (χ3n) is 3.63. The molecule has 0 spiro atoms. The molecule has 1 unspecified atom stereocenters. The van der Waals surface area contributed by atoms with E-state index in [4.69, 9.17) is 30.5 Å². The standard InChI is InChI=1S/C17H20ClNO5/c1-21-13-8-11(16(20)10-5-6-19-15(18)7-10)12(9-14(13)22-2)17(23-3)24-4/h5-9,16-17,20H,1-4H3. The lowest BCUT2D eigenvalue weighted by molar-refractivity contribution is -0.107. The van der Waals surface area contributed by atoms with Gasteiger partial charge in [-0.3, -0.25) is 0 Å². The molecule has 1 heterocycles. The number of aliphatic hydroxyl groups excluding tert-OH is 1. The van der Waals surface area contributed by atoms with Crippen molar-refractivity contribution in [3.8, 4) is 11.5 Å². The van der Waals surface area contributed by atoms with Crippen molar-refractivity contribution < 1.29 is 24.1 Å². The van der Waals surface area contributed by atoms with Gasteiger partial charge in [0.05, 0.1) is 14.2 Å². The SMILES string of the molecule is COc1cc(C(OC)OC)c(C(O)c2ccnc(Cl)c2)cc1OC. The monoisotopic (exact) mass is 353 g/mol. The van der Waals surface area contributed by atoms with Gasteiger partial charge in [0.25, 0.3) is 0 Å². The molecular formula is C17H20ClNO5. The predicted octanol–water partition coefficient (Wildman–Crippen LogP) is 3.13. The third-order valence-corrected chi connectivity index (χ3v) is 3.84. The maximum atomic E-state index is 10.8. The van der Waals surface area contributed by atoms with E-state index in [2.05, 4.69) is 4.98 Å². The van der Waals surface area contributed by atoms with Crippen molar-refractivity contribution in [2.24, 2.45) is 0 Å². The number of nitrogens with zero attached hydrogens (tertiary/aromatic N) is 1. The largest absolute Gasteiger partial charge is 0.493 e. The summed E-state index contributed by atoms with van der Waals surface area (Å²) in [5, 5.41) is 11.1. The molecule has 0 aliphatic heterocycles. The zero-order chi connectivity index (χ0) is 17.7. The number of hydrogen-bond acceptors (Lipinski definition) is 6. The van der Waals surface area contributed by atoms with E-state index in [0.29, 0.717) is 33.3 Å². The maximum absolute atomic E-state index is 10.8. The highest BCUT2D eigenvalue weighted by Gasteiger charge is 2.24. The second-order valence-corrected chi connectivity index (χ2v) is 5.34. The quantitative estimate of drug-likeness (QED) is 0.609. The van der Waals surface area contributed by atoms with Gasteiger partial charge in [-0.25, -0.2) is 4.98 Å². The van der Waals surface area contributed by atoms with Gasteiger partial charge in [-0.1, -0.05) is 11.6 Å². The molecule has 0 aliphatic carbocycles. The van der Waals surface area contributed by atoms with Crippen LogP contribution in [0.2, 0.25) is 5.15 Å². The molecule has 24 heavy (non-hydrogen) atoms. The highest BCUT2D eigenvalue weighted by atomic mass is 35.5. The van der Waals surface area contributed by atoms with E-state index in [9.17, 15) is 5.11 Å². The normalized spacial score (nSPS) is 12.3. The Labute approximate surface area is 145 Å². The van der Waals surface area contributed by atoms with Crippen LogP contribution in [0.3, 0.4) is 0 Å². The van der Waals surface area contributed by atoms with Crippen LogP contribution in [0.25, 0.3) is 0 Å². The average molecular weight is 354 g/mol. The molecule has 2 rings (SSSR count). The Kier molecular flexibility index (Phi) is 6.39. The van der Waals surface area contributed by atoms with E-state index >= 15 is 0 Å². The summed E-state index contributed by atoms with van der Waals surface area (Å²) in [4.78, 5) is 3.93. The molecule has 6 nitrogen and oxygen atoms in total. The van der Waals surface area contributed by atoms with Crippen LogP contribution in [-0.4, -0.2) is 38.5 Å². The van der Waals surface area contributed by atoms with Crippen molar-refractivity contribution in [1.29, 1.82) is 0 Å². The van der Waals surface area contributed by atoms with Crippen LogP contribution >= 0.6 is 11.6 Å². The molecule has 1 N–H and O–H groups in total. The molecule has 1 aromatic heterocycles. The lowest BCUT2D eigenvalue weighted by Crippen LogP contribution is -2.12. The smallest absolute Gasteiger partial charge is 0.183 e. The molecule has 0 aliphatic rings. The Balaban J connectivity index is 2.60. The Morgan fingerprint density at radius 3 is 2.04 bits per heavy atom. The summed E-state index contributed by atoms with van der Waals surface area (Å²) in [5.74, 6) is 0.997. The Bertz CT molecular complexity index is 691. The first kappa shape index (κ1) is 18.5. The third kappa shape index (κ3) is 3.79. The van der Waals surface area contributed by atoms with Gasteiger partial charge in [-0.2, -0.15) is 0 Å². The predicted molar refractivity (Wildman–Crippen MR) is 89.6 cm³/mol. The molecule has 1 aromatic carbocycles. The molecule has 0 amide bonds. The molecule has 0 bridgehead atoms. The van der Waals surface area contributed by atoms with E-state index in [1.807, 2.05) is 0 Å². The lowest BCUT2D eigenvalue weighted by Gasteiger charge is -2.23. The Hall–Kier alpha value is -1.86. The van der Waals surface area contributed by atoms with Gasteiger partial charge in [-0.05, 0) is 35.4 Å². The van der Waals surface area contributed by atoms with Gasteiger partial charge in [0.15, 0.2) is 17.8 Å². The lowest BCUT2D eigenvalue weighted by atomic mass is 9.96. The second kappa shape index (κ2) is 8.30. The summed E-state index contributed by atoms with van der Waals surface area (Å²) in [6.45, 7) is 0. The minimum Gasteiger partial charge on any atom is -0.493 e. The summed E-state index contributed by atoms with van der Waals surface area (Å²) < 4.78 is 21.3. The van der Waals surface area contributed by atoms with Gasteiger partial charge >= 0.3 is 0 Å². The van der Waals surface area contributed by atoms with E-state index in [0.717, 1.165) is 0 Å². The van der Waals surface area contributed by atoms with E-state index < -0.39 is 12.4 Å². The summed E-state index contributed by atoms with van der Waals surface area (Å²) in [6.07, 6.45) is -0.106. The maximum Gasteiger partial charge on any atom is 0.183 e. The van der Waals surface area contributed by atoms with E-state index in [1.54, 1.807) is 24.3 Å². The highest BCUT2D eigenvalue weighted by Crippen LogP contribution is 2.39. The van der Waals surface area contributed by atoms with Crippen LogP contribution in [0, 0.1) is 0 Å². The van der Waals surface area contributed by atoms with Crippen molar-refractivity contribution >= 4 is 11.6 Å². The molecule has 7 heteroatoms. The summed E-state index contributed by atoms with van der Waals surface area (Å²) in [7, 11) is 6.10. The van der Waals surface area contributed by atoms with Crippen LogP contribution in [0.4, 0.5) is 0 Å². The number of halogens is 1. The molecule has 1 atom stereocenters. The average Bonchev–Trinajstić information content (AvgIpc) is 2.61. The van der Waals surface area contributed by atoms with Gasteiger partial charge in [0.2, 0.25) is 0 Å². The Morgan fingerprint density at radius 2 is 1.54 bits per heavy atom. The van der Waals surface area contributed by atoms with Crippen LogP contribution < -0.4 is 9.47 Å². The molecule has 0 radical (unpaired) electrons. The minimum atomic E-state index is -0.965. The number of pyridine rings is 1. The first-order chi connectivity index (χ1) is 11.5. The fourth-order valence-corrected chi connectivity index (χ4v) is 2.65. The summed E-state index contributed by atoms with van der Waals surface area (Å²) in [5.41, 5.74) is 1.77. The van der Waals surface area contributed by atoms with Crippen molar-refractivity contribution in [1.82, 2.24) is 4.98 Å². The van der Waals surface area contributed by atoms with Crippen molar-refractivity contribution in [3.05, 3.63) is 52.3 Å². The van der Waals surface area contributed by atoms with Crippen LogP contribution in [0.5, 0.6) is 11.5 Å². The van der Waals surface area contributed by atoms with E-state index in [1.165, 1.54) is 34.6 Å². The zero-order valence-electron chi connectivity index (χ0n) is 13.9. The van der Waals surface area contributed by atoms with Gasteiger partial charge in [0, 0.05) is 26.0 Å². The fraction of sp³-hybridized carbons (Fsp3) is 0.353. The van der Waals surface area contributed by atoms with Crippen LogP contribution in [0.1, 0.15) is 29.1 Å². The van der Waals surface area contributed by atoms with Crippen LogP contribution in [0.15, 0.2) is 30.5 Å². The summed E-state index contributed by atoms with van der Waals surface area (Å²) >= 11 is 5.92.